The highest BCUT2D eigenvalue weighted by Crippen LogP contribution is 2.25. The van der Waals surface area contributed by atoms with E-state index in [0.717, 1.165) is 16.5 Å². The summed E-state index contributed by atoms with van der Waals surface area (Å²) in [6.07, 6.45) is 0. The smallest absolute Gasteiger partial charge is 0.423 e. The number of hydrogen-bond donors (Lipinski definition) is 2. The van der Waals surface area contributed by atoms with Crippen LogP contribution in [0.25, 0.3) is 21.9 Å². The molecule has 0 aliphatic carbocycles. The highest BCUT2D eigenvalue weighted by atomic mass is 35.5. The van der Waals surface area contributed by atoms with Crippen LogP contribution in [0.5, 0.6) is 0 Å². The zero-order valence-electron chi connectivity index (χ0n) is 10.6. The molecule has 0 bridgehead atoms. The zero-order chi connectivity index (χ0) is 14.1. The maximum Gasteiger partial charge on any atom is 0.488 e. The van der Waals surface area contributed by atoms with Crippen molar-refractivity contribution in [2.24, 2.45) is 0 Å². The maximum atomic E-state index is 9.29. The summed E-state index contributed by atoms with van der Waals surface area (Å²) in [4.78, 5) is 0. The molecule has 2 N–H and O–H groups in total. The first kappa shape index (κ1) is 13.2. The van der Waals surface area contributed by atoms with Gasteiger partial charge >= 0.3 is 7.12 Å². The van der Waals surface area contributed by atoms with Gasteiger partial charge in [0.2, 0.25) is 0 Å². The fourth-order valence-electron chi connectivity index (χ4n) is 2.30. The zero-order valence-corrected chi connectivity index (χ0v) is 11.4. The summed E-state index contributed by atoms with van der Waals surface area (Å²) in [6.45, 7) is 0. The summed E-state index contributed by atoms with van der Waals surface area (Å²) in [6, 6.07) is 19.3. The van der Waals surface area contributed by atoms with Crippen LogP contribution in [0.2, 0.25) is 5.02 Å². The second-order valence-electron chi connectivity index (χ2n) is 4.71. The molecule has 2 nitrogen and oxygen atoms in total. The predicted octanol–water partition coefficient (Wildman–Crippen LogP) is 2.84. The average molecular weight is 283 g/mol. The normalized spacial score (nSPS) is 10.8. The fraction of sp³-hybridized carbons (Fsp3) is 0. The number of benzene rings is 3. The molecule has 3 aromatic rings. The molecule has 0 atom stereocenters. The van der Waals surface area contributed by atoms with E-state index in [-0.39, 0.29) is 0 Å². The molecular formula is C16H12BClO2. The Hall–Kier alpha value is -1.81. The van der Waals surface area contributed by atoms with Crippen molar-refractivity contribution in [1.29, 1.82) is 0 Å². The lowest BCUT2D eigenvalue weighted by molar-refractivity contribution is 0.426. The molecule has 4 heteroatoms. The Balaban J connectivity index is 2.15. The second-order valence-corrected chi connectivity index (χ2v) is 5.15. The Morgan fingerprint density at radius 2 is 1.50 bits per heavy atom. The molecule has 0 saturated heterocycles. The second kappa shape index (κ2) is 5.29. The first-order valence-electron chi connectivity index (χ1n) is 6.29. The van der Waals surface area contributed by atoms with Crippen molar-refractivity contribution < 1.29 is 10.0 Å². The van der Waals surface area contributed by atoms with Crippen LogP contribution in [-0.2, 0) is 0 Å². The topological polar surface area (TPSA) is 40.5 Å². The average Bonchev–Trinajstić information content (AvgIpc) is 2.46. The van der Waals surface area contributed by atoms with Crippen LogP contribution < -0.4 is 5.46 Å². The standard InChI is InChI=1S/C16H12BClO2/c18-16-9-14(8-15(10-16)17(19)20)13-6-5-11-3-1-2-4-12(11)7-13/h1-10,19-20H. The van der Waals surface area contributed by atoms with E-state index in [4.69, 9.17) is 11.6 Å². The molecule has 0 radical (unpaired) electrons. The van der Waals surface area contributed by atoms with Gasteiger partial charge in [-0.2, -0.15) is 0 Å². The highest BCUT2D eigenvalue weighted by molar-refractivity contribution is 6.59. The molecule has 3 aromatic carbocycles. The van der Waals surface area contributed by atoms with Crippen molar-refractivity contribution in [1.82, 2.24) is 0 Å². The summed E-state index contributed by atoms with van der Waals surface area (Å²) in [7, 11) is -1.52. The molecule has 20 heavy (non-hydrogen) atoms. The minimum absolute atomic E-state index is 0.389. The molecule has 0 saturated carbocycles. The van der Waals surface area contributed by atoms with Crippen LogP contribution in [0.1, 0.15) is 0 Å². The largest absolute Gasteiger partial charge is 0.488 e. The summed E-state index contributed by atoms with van der Waals surface area (Å²) in [5.74, 6) is 0. The molecule has 0 aliphatic rings. The lowest BCUT2D eigenvalue weighted by Gasteiger charge is -2.08. The van der Waals surface area contributed by atoms with Crippen LogP contribution in [0.4, 0.5) is 0 Å². The summed E-state index contributed by atoms with van der Waals surface area (Å²) in [5, 5.41) is 21.4. The van der Waals surface area contributed by atoms with E-state index in [9.17, 15) is 10.0 Å². The van der Waals surface area contributed by atoms with Crippen LogP contribution in [0.3, 0.4) is 0 Å². The van der Waals surface area contributed by atoms with Crippen LogP contribution in [-0.4, -0.2) is 17.2 Å². The molecule has 98 valence electrons. The third-order valence-corrected chi connectivity index (χ3v) is 3.52. The fourth-order valence-corrected chi connectivity index (χ4v) is 2.54. The molecule has 0 aliphatic heterocycles. The van der Waals surface area contributed by atoms with Crippen molar-refractivity contribution in [2.75, 3.05) is 0 Å². The van der Waals surface area contributed by atoms with Gasteiger partial charge in [-0.05, 0) is 45.6 Å². The van der Waals surface area contributed by atoms with Crippen molar-refractivity contribution >= 4 is 35.0 Å². The number of fused-ring (bicyclic) bond motifs is 1. The monoisotopic (exact) mass is 282 g/mol. The Morgan fingerprint density at radius 3 is 2.25 bits per heavy atom. The number of halogens is 1. The molecule has 0 fully saturated rings. The van der Waals surface area contributed by atoms with E-state index in [2.05, 4.69) is 12.1 Å². The van der Waals surface area contributed by atoms with Gasteiger partial charge in [-0.15, -0.1) is 0 Å². The summed E-state index contributed by atoms with van der Waals surface area (Å²) in [5.41, 5.74) is 2.25. The lowest BCUT2D eigenvalue weighted by atomic mass is 9.79. The van der Waals surface area contributed by atoms with Crippen LogP contribution >= 0.6 is 11.6 Å². The van der Waals surface area contributed by atoms with E-state index < -0.39 is 7.12 Å². The molecule has 3 rings (SSSR count). The third-order valence-electron chi connectivity index (χ3n) is 3.30. The maximum absolute atomic E-state index is 9.29. The van der Waals surface area contributed by atoms with Crippen LogP contribution in [0.15, 0.2) is 60.7 Å². The third kappa shape index (κ3) is 2.56. The van der Waals surface area contributed by atoms with E-state index >= 15 is 0 Å². The van der Waals surface area contributed by atoms with E-state index in [0.29, 0.717) is 10.5 Å². The SMILES string of the molecule is OB(O)c1cc(Cl)cc(-c2ccc3ccccc3c2)c1. The van der Waals surface area contributed by atoms with Gasteiger partial charge < -0.3 is 10.0 Å². The highest BCUT2D eigenvalue weighted by Gasteiger charge is 2.13. The van der Waals surface area contributed by atoms with Crippen molar-refractivity contribution in [3.05, 3.63) is 65.7 Å². The molecule has 0 unspecified atom stereocenters. The summed E-state index contributed by atoms with van der Waals surface area (Å²) < 4.78 is 0. The molecule has 0 heterocycles. The Bertz CT molecular complexity index is 771. The Kier molecular flexibility index (Phi) is 3.49. The summed E-state index contributed by atoms with van der Waals surface area (Å²) >= 11 is 6.04. The number of rotatable bonds is 2. The van der Waals surface area contributed by atoms with Crippen LogP contribution in [0, 0.1) is 0 Å². The first-order chi connectivity index (χ1) is 9.63. The molecule has 0 spiro atoms. The van der Waals surface area contributed by atoms with Gasteiger partial charge in [0.15, 0.2) is 0 Å². The Morgan fingerprint density at radius 1 is 0.750 bits per heavy atom. The minimum Gasteiger partial charge on any atom is -0.423 e. The quantitative estimate of drug-likeness (QED) is 0.710. The van der Waals surface area contributed by atoms with Gasteiger partial charge in [-0.25, -0.2) is 0 Å². The first-order valence-corrected chi connectivity index (χ1v) is 6.67. The van der Waals surface area contributed by atoms with Gasteiger partial charge in [0.05, 0.1) is 0 Å². The number of hydrogen-bond acceptors (Lipinski definition) is 2. The molecular weight excluding hydrogens is 270 g/mol. The van der Waals surface area contributed by atoms with Crippen molar-refractivity contribution in [2.45, 2.75) is 0 Å². The van der Waals surface area contributed by atoms with Crippen molar-refractivity contribution in [3.63, 3.8) is 0 Å². The predicted molar refractivity (Wildman–Crippen MR) is 84.2 cm³/mol. The van der Waals surface area contributed by atoms with Crippen molar-refractivity contribution in [3.8, 4) is 11.1 Å². The Labute approximate surface area is 122 Å². The minimum atomic E-state index is -1.52. The molecule has 0 aromatic heterocycles. The van der Waals surface area contributed by atoms with E-state index in [1.165, 1.54) is 5.39 Å². The van der Waals surface area contributed by atoms with Gasteiger partial charge in [0.1, 0.15) is 0 Å². The van der Waals surface area contributed by atoms with Gasteiger partial charge in [-0.1, -0.05) is 54.1 Å². The lowest BCUT2D eigenvalue weighted by Crippen LogP contribution is -2.29. The van der Waals surface area contributed by atoms with E-state index in [1.807, 2.05) is 36.4 Å². The van der Waals surface area contributed by atoms with Gasteiger partial charge in [-0.3, -0.25) is 0 Å². The van der Waals surface area contributed by atoms with E-state index in [1.54, 1.807) is 12.1 Å². The molecule has 0 amide bonds. The van der Waals surface area contributed by atoms with Gasteiger partial charge in [0.25, 0.3) is 0 Å². The van der Waals surface area contributed by atoms with Gasteiger partial charge in [0, 0.05) is 5.02 Å².